The second kappa shape index (κ2) is 4.75. The van der Waals surface area contributed by atoms with Crippen molar-refractivity contribution in [2.45, 2.75) is 19.5 Å². The van der Waals surface area contributed by atoms with Crippen LogP contribution < -0.4 is 5.32 Å². The average molecular weight is 202 g/mol. The quantitative estimate of drug-likeness (QED) is 0.827. The molecule has 1 heterocycles. The summed E-state index contributed by atoms with van der Waals surface area (Å²) in [5, 5.41) is 7.22. The zero-order valence-electron chi connectivity index (χ0n) is 8.68. The summed E-state index contributed by atoms with van der Waals surface area (Å²) in [6.07, 6.45) is 1.59. The molecule has 0 bridgehead atoms. The van der Waals surface area contributed by atoms with Gasteiger partial charge in [0, 0.05) is 18.7 Å². The van der Waals surface area contributed by atoms with E-state index in [1.807, 2.05) is 24.3 Å². The second-order valence-electron chi connectivity index (χ2n) is 3.50. The summed E-state index contributed by atoms with van der Waals surface area (Å²) in [6.45, 7) is 2.86. The summed E-state index contributed by atoms with van der Waals surface area (Å²) in [7, 11) is 0. The van der Waals surface area contributed by atoms with Crippen molar-refractivity contribution in [3.8, 4) is 0 Å². The molecule has 1 atom stereocenters. The number of benzene rings is 1. The summed E-state index contributed by atoms with van der Waals surface area (Å²) >= 11 is 0. The molecule has 1 N–H and O–H groups in total. The van der Waals surface area contributed by atoms with Crippen LogP contribution in [0.3, 0.4) is 0 Å². The Balaban J connectivity index is 1.90. The Labute approximate surface area is 89.1 Å². The molecule has 2 rings (SSSR count). The smallest absolute Gasteiger partial charge is 0.124 e. The molecule has 0 aliphatic rings. The van der Waals surface area contributed by atoms with Gasteiger partial charge in [0.05, 0.1) is 5.69 Å². The van der Waals surface area contributed by atoms with E-state index in [-0.39, 0.29) is 0 Å². The summed E-state index contributed by atoms with van der Waals surface area (Å²) in [5.74, 6) is 0. The van der Waals surface area contributed by atoms with Crippen LogP contribution in [0.5, 0.6) is 0 Å². The maximum atomic E-state index is 4.76. The maximum absolute atomic E-state index is 4.76. The molecule has 2 aromatic rings. The Morgan fingerprint density at radius 1 is 1.27 bits per heavy atom. The van der Waals surface area contributed by atoms with Crippen molar-refractivity contribution in [1.29, 1.82) is 0 Å². The first-order valence-electron chi connectivity index (χ1n) is 5.04. The molecule has 1 unspecified atom stereocenters. The fourth-order valence-electron chi connectivity index (χ4n) is 1.45. The number of hydrogen-bond donors (Lipinski definition) is 1. The van der Waals surface area contributed by atoms with Gasteiger partial charge in [-0.2, -0.15) is 0 Å². The summed E-state index contributed by atoms with van der Waals surface area (Å²) in [4.78, 5) is 0. The average Bonchev–Trinajstić information content (AvgIpc) is 2.80. The van der Waals surface area contributed by atoms with Gasteiger partial charge in [-0.25, -0.2) is 0 Å². The number of hydrogen-bond acceptors (Lipinski definition) is 3. The highest BCUT2D eigenvalue weighted by atomic mass is 16.5. The molecule has 0 fully saturated rings. The third kappa shape index (κ3) is 2.67. The van der Waals surface area contributed by atoms with Gasteiger partial charge in [-0.05, 0) is 12.5 Å². The second-order valence-corrected chi connectivity index (χ2v) is 3.50. The minimum atomic E-state index is 0.322. The van der Waals surface area contributed by atoms with Gasteiger partial charge < -0.3 is 9.84 Å². The summed E-state index contributed by atoms with van der Waals surface area (Å²) < 4.78 is 4.76. The molecule has 3 nitrogen and oxygen atoms in total. The third-order valence-corrected chi connectivity index (χ3v) is 2.38. The molecule has 78 valence electrons. The fraction of sp³-hybridized carbons (Fsp3) is 0.250. The molecule has 3 heteroatoms. The lowest BCUT2D eigenvalue weighted by Crippen LogP contribution is -2.18. The number of aromatic nitrogens is 1. The summed E-state index contributed by atoms with van der Waals surface area (Å²) in [5.41, 5.74) is 2.21. The molecule has 0 spiro atoms. The van der Waals surface area contributed by atoms with Crippen molar-refractivity contribution in [3.05, 3.63) is 53.9 Å². The van der Waals surface area contributed by atoms with E-state index in [2.05, 4.69) is 29.5 Å². The lowest BCUT2D eigenvalue weighted by Gasteiger charge is -2.12. The monoisotopic (exact) mass is 202 g/mol. The molecule has 0 saturated carbocycles. The number of rotatable bonds is 4. The SMILES string of the molecule is CC(NCc1ccon1)c1ccccc1. The van der Waals surface area contributed by atoms with Crippen LogP contribution in [-0.4, -0.2) is 5.16 Å². The lowest BCUT2D eigenvalue weighted by molar-refractivity contribution is 0.406. The van der Waals surface area contributed by atoms with Gasteiger partial charge in [0.2, 0.25) is 0 Å². The molecule has 15 heavy (non-hydrogen) atoms. The van der Waals surface area contributed by atoms with Crippen molar-refractivity contribution in [2.24, 2.45) is 0 Å². The zero-order valence-corrected chi connectivity index (χ0v) is 8.68. The van der Waals surface area contributed by atoms with Crippen molar-refractivity contribution < 1.29 is 4.52 Å². The van der Waals surface area contributed by atoms with E-state index in [9.17, 15) is 0 Å². The number of nitrogens with zero attached hydrogens (tertiary/aromatic N) is 1. The van der Waals surface area contributed by atoms with Crippen molar-refractivity contribution >= 4 is 0 Å². The Morgan fingerprint density at radius 2 is 2.07 bits per heavy atom. The van der Waals surface area contributed by atoms with E-state index in [4.69, 9.17) is 4.52 Å². The van der Waals surface area contributed by atoms with E-state index in [1.54, 1.807) is 6.26 Å². The first kappa shape index (κ1) is 9.93. The van der Waals surface area contributed by atoms with Gasteiger partial charge >= 0.3 is 0 Å². The van der Waals surface area contributed by atoms with Crippen LogP contribution in [0, 0.1) is 0 Å². The predicted octanol–water partition coefficient (Wildman–Crippen LogP) is 2.53. The van der Waals surface area contributed by atoms with E-state index in [0.29, 0.717) is 6.04 Å². The van der Waals surface area contributed by atoms with E-state index >= 15 is 0 Å². The fourth-order valence-corrected chi connectivity index (χ4v) is 1.45. The molecule has 0 amide bonds. The van der Waals surface area contributed by atoms with Crippen LogP contribution in [-0.2, 0) is 6.54 Å². The minimum Gasteiger partial charge on any atom is -0.364 e. The van der Waals surface area contributed by atoms with Crippen LogP contribution in [0.2, 0.25) is 0 Å². The maximum Gasteiger partial charge on any atom is 0.124 e. The van der Waals surface area contributed by atoms with Crippen LogP contribution in [0.25, 0.3) is 0 Å². The van der Waals surface area contributed by atoms with Crippen molar-refractivity contribution in [3.63, 3.8) is 0 Å². The topological polar surface area (TPSA) is 38.1 Å². The normalized spacial score (nSPS) is 12.6. The predicted molar refractivity (Wildman–Crippen MR) is 58.2 cm³/mol. The molecule has 0 radical (unpaired) electrons. The first-order chi connectivity index (χ1) is 7.36. The van der Waals surface area contributed by atoms with E-state index < -0.39 is 0 Å². The largest absolute Gasteiger partial charge is 0.364 e. The van der Waals surface area contributed by atoms with Crippen LogP contribution in [0.1, 0.15) is 24.2 Å². The highest BCUT2D eigenvalue weighted by Crippen LogP contribution is 2.11. The van der Waals surface area contributed by atoms with E-state index in [0.717, 1.165) is 12.2 Å². The van der Waals surface area contributed by atoms with Gasteiger partial charge in [0.1, 0.15) is 6.26 Å². The Morgan fingerprint density at radius 3 is 2.73 bits per heavy atom. The number of nitrogens with one attached hydrogen (secondary N) is 1. The van der Waals surface area contributed by atoms with Crippen LogP contribution in [0.4, 0.5) is 0 Å². The van der Waals surface area contributed by atoms with Crippen molar-refractivity contribution in [2.75, 3.05) is 0 Å². The molecule has 1 aromatic heterocycles. The minimum absolute atomic E-state index is 0.322. The molecule has 0 aliphatic heterocycles. The summed E-state index contributed by atoms with van der Waals surface area (Å²) in [6, 6.07) is 12.5. The third-order valence-electron chi connectivity index (χ3n) is 2.38. The molecule has 1 aromatic carbocycles. The van der Waals surface area contributed by atoms with Gasteiger partial charge in [0.15, 0.2) is 0 Å². The Kier molecular flexibility index (Phi) is 3.15. The molecule has 0 aliphatic carbocycles. The van der Waals surface area contributed by atoms with Crippen LogP contribution in [0.15, 0.2) is 47.2 Å². The Bertz CT molecular complexity index is 383. The standard InChI is InChI=1S/C12H14N2O/c1-10(11-5-3-2-4-6-11)13-9-12-7-8-15-14-12/h2-8,10,13H,9H2,1H3. The highest BCUT2D eigenvalue weighted by Gasteiger charge is 2.04. The molecular formula is C12H14N2O. The molecular weight excluding hydrogens is 188 g/mol. The lowest BCUT2D eigenvalue weighted by atomic mass is 10.1. The van der Waals surface area contributed by atoms with Crippen molar-refractivity contribution in [1.82, 2.24) is 10.5 Å². The van der Waals surface area contributed by atoms with Gasteiger partial charge in [-0.1, -0.05) is 35.5 Å². The van der Waals surface area contributed by atoms with Gasteiger partial charge in [0.25, 0.3) is 0 Å². The molecule has 0 saturated heterocycles. The first-order valence-corrected chi connectivity index (χ1v) is 5.04. The zero-order chi connectivity index (χ0) is 10.5. The van der Waals surface area contributed by atoms with E-state index in [1.165, 1.54) is 5.56 Å². The van der Waals surface area contributed by atoms with Gasteiger partial charge in [-0.15, -0.1) is 0 Å². The Hall–Kier alpha value is -1.61. The van der Waals surface area contributed by atoms with Crippen LogP contribution >= 0.6 is 0 Å². The highest BCUT2D eigenvalue weighted by molar-refractivity contribution is 5.18. The van der Waals surface area contributed by atoms with Gasteiger partial charge in [-0.3, -0.25) is 0 Å².